The van der Waals surface area contributed by atoms with Gasteiger partial charge in [-0.3, -0.25) is 10.1 Å². The Balaban J connectivity index is 1.84. The van der Waals surface area contributed by atoms with Gasteiger partial charge in [0.2, 0.25) is 0 Å². The summed E-state index contributed by atoms with van der Waals surface area (Å²) in [6.45, 7) is 0. The summed E-state index contributed by atoms with van der Waals surface area (Å²) in [5.74, 6) is -1.15. The summed E-state index contributed by atoms with van der Waals surface area (Å²) < 4.78 is 0. The van der Waals surface area contributed by atoms with Crippen molar-refractivity contribution in [2.45, 2.75) is 0 Å². The predicted octanol–water partition coefficient (Wildman–Crippen LogP) is 3.65. The van der Waals surface area contributed by atoms with E-state index in [9.17, 15) is 20.0 Å². The molecular formula is C17H12N4O4S. The van der Waals surface area contributed by atoms with Crippen molar-refractivity contribution in [2.24, 2.45) is 0 Å². The fraction of sp³-hybridized carbons (Fsp3) is 0. The minimum absolute atomic E-state index is 0.0272. The summed E-state index contributed by atoms with van der Waals surface area (Å²) in [5.41, 5.74) is 1.44. The molecule has 9 heteroatoms. The van der Waals surface area contributed by atoms with Crippen LogP contribution in [0.2, 0.25) is 0 Å². The number of hydrogen-bond donors (Lipinski definition) is 3. The number of benzene rings is 2. The Morgan fingerprint density at radius 2 is 1.81 bits per heavy atom. The number of fused-ring (bicyclic) bond motifs is 1. The number of carboxylic acid groups (broad SMARTS) is 1. The van der Waals surface area contributed by atoms with Crippen LogP contribution in [0.5, 0.6) is 0 Å². The molecule has 0 aliphatic heterocycles. The van der Waals surface area contributed by atoms with Crippen molar-refractivity contribution >= 4 is 51.3 Å². The van der Waals surface area contributed by atoms with Crippen molar-refractivity contribution in [3.05, 3.63) is 70.4 Å². The van der Waals surface area contributed by atoms with Gasteiger partial charge in [0.05, 0.1) is 16.1 Å². The molecule has 0 fully saturated rings. The smallest absolute Gasteiger partial charge is 0.354 e. The number of nitrogens with one attached hydrogen (secondary N) is 2. The molecule has 1 heterocycles. The number of nitrogens with zero attached hydrogens (tertiary/aromatic N) is 2. The Hall–Kier alpha value is -3.59. The van der Waals surface area contributed by atoms with Crippen LogP contribution >= 0.6 is 12.2 Å². The highest BCUT2D eigenvalue weighted by atomic mass is 32.1. The third kappa shape index (κ3) is 3.73. The van der Waals surface area contributed by atoms with Gasteiger partial charge in [0.25, 0.3) is 5.69 Å². The second-order valence-corrected chi connectivity index (χ2v) is 5.67. The molecule has 0 saturated heterocycles. The molecule has 0 aliphatic carbocycles. The number of nitro benzene ring substituents is 1. The second kappa shape index (κ2) is 7.11. The first-order valence-corrected chi connectivity index (χ1v) is 7.80. The number of carbonyl (C=O) groups is 1. The average molecular weight is 368 g/mol. The maximum atomic E-state index is 11.3. The number of rotatable bonds is 4. The van der Waals surface area contributed by atoms with Gasteiger partial charge in [0.1, 0.15) is 0 Å². The number of aromatic nitrogens is 1. The highest BCUT2D eigenvalue weighted by Gasteiger charge is 2.12. The van der Waals surface area contributed by atoms with Crippen LogP contribution in [0, 0.1) is 10.1 Å². The quantitative estimate of drug-likeness (QED) is 0.363. The van der Waals surface area contributed by atoms with E-state index in [0.29, 0.717) is 22.3 Å². The molecule has 3 rings (SSSR count). The number of thiocarbonyl (C=S) groups is 1. The zero-order chi connectivity index (χ0) is 18.7. The number of aromatic carboxylic acids is 1. The molecule has 8 nitrogen and oxygen atoms in total. The molecule has 3 aromatic rings. The largest absolute Gasteiger partial charge is 0.477 e. The van der Waals surface area contributed by atoms with Crippen LogP contribution in [0.15, 0.2) is 54.6 Å². The van der Waals surface area contributed by atoms with Gasteiger partial charge in [-0.2, -0.15) is 0 Å². The summed E-state index contributed by atoms with van der Waals surface area (Å²) in [6.07, 6.45) is 0. The van der Waals surface area contributed by atoms with Gasteiger partial charge in [-0.25, -0.2) is 9.78 Å². The van der Waals surface area contributed by atoms with Gasteiger partial charge < -0.3 is 15.7 Å². The third-order valence-electron chi connectivity index (χ3n) is 3.52. The Kier molecular flexibility index (Phi) is 4.72. The highest BCUT2D eigenvalue weighted by Crippen LogP contribution is 2.24. The first-order chi connectivity index (χ1) is 12.4. The lowest BCUT2D eigenvalue weighted by molar-refractivity contribution is -0.384. The molecule has 0 radical (unpaired) electrons. The van der Waals surface area contributed by atoms with Gasteiger partial charge >= 0.3 is 5.97 Å². The lowest BCUT2D eigenvalue weighted by Gasteiger charge is -2.13. The minimum atomic E-state index is -1.15. The highest BCUT2D eigenvalue weighted by molar-refractivity contribution is 7.80. The zero-order valence-corrected chi connectivity index (χ0v) is 14.0. The number of para-hydroxylation sites is 1. The summed E-state index contributed by atoms with van der Waals surface area (Å²) in [6, 6.07) is 14.2. The number of pyridine rings is 1. The third-order valence-corrected chi connectivity index (χ3v) is 3.72. The molecule has 0 unspecified atom stereocenters. The first-order valence-electron chi connectivity index (χ1n) is 7.39. The molecule has 0 saturated carbocycles. The van der Waals surface area contributed by atoms with Crippen LogP contribution < -0.4 is 10.6 Å². The number of anilines is 2. The topological polar surface area (TPSA) is 117 Å². The van der Waals surface area contributed by atoms with Crippen LogP contribution in [-0.2, 0) is 0 Å². The van der Waals surface area contributed by atoms with Crippen molar-refractivity contribution in [1.82, 2.24) is 4.98 Å². The van der Waals surface area contributed by atoms with E-state index in [1.165, 1.54) is 30.3 Å². The SMILES string of the molecule is O=C(O)c1cc(NC(=S)Nc2ccc([N+](=O)[O-])cc2)c2ccccc2n1. The van der Waals surface area contributed by atoms with Gasteiger partial charge in [-0.1, -0.05) is 18.2 Å². The number of non-ortho nitro benzene ring substituents is 1. The molecule has 130 valence electrons. The van der Waals surface area contributed by atoms with Crippen LogP contribution in [0.25, 0.3) is 10.9 Å². The van der Waals surface area contributed by atoms with Crippen LogP contribution in [-0.4, -0.2) is 26.1 Å². The molecule has 0 atom stereocenters. The summed E-state index contributed by atoms with van der Waals surface area (Å²) in [4.78, 5) is 25.5. The maximum Gasteiger partial charge on any atom is 0.354 e. The van der Waals surface area contributed by atoms with E-state index >= 15 is 0 Å². The summed E-state index contributed by atoms with van der Waals surface area (Å²) in [5, 5.41) is 26.7. The Labute approximate surface area is 152 Å². The average Bonchev–Trinajstić information content (AvgIpc) is 2.62. The zero-order valence-electron chi connectivity index (χ0n) is 13.2. The first kappa shape index (κ1) is 17.2. The fourth-order valence-electron chi connectivity index (χ4n) is 2.34. The van der Waals surface area contributed by atoms with E-state index < -0.39 is 10.9 Å². The number of nitro groups is 1. The van der Waals surface area contributed by atoms with Gasteiger partial charge in [-0.15, -0.1) is 0 Å². The fourth-order valence-corrected chi connectivity index (χ4v) is 2.57. The molecule has 1 aromatic heterocycles. The molecule has 2 aromatic carbocycles. The monoisotopic (exact) mass is 368 g/mol. The minimum Gasteiger partial charge on any atom is -0.477 e. The van der Waals surface area contributed by atoms with Crippen LogP contribution in [0.1, 0.15) is 10.5 Å². The van der Waals surface area contributed by atoms with E-state index in [-0.39, 0.29) is 16.5 Å². The number of hydrogen-bond acceptors (Lipinski definition) is 5. The summed E-state index contributed by atoms with van der Waals surface area (Å²) in [7, 11) is 0. The van der Waals surface area contributed by atoms with E-state index in [2.05, 4.69) is 15.6 Å². The Bertz CT molecular complexity index is 1020. The van der Waals surface area contributed by atoms with E-state index in [1.807, 2.05) is 6.07 Å². The van der Waals surface area contributed by atoms with Crippen LogP contribution in [0.4, 0.5) is 17.1 Å². The van der Waals surface area contributed by atoms with Crippen molar-refractivity contribution in [3.8, 4) is 0 Å². The van der Waals surface area contributed by atoms with E-state index in [0.717, 1.165) is 0 Å². The Morgan fingerprint density at radius 3 is 2.46 bits per heavy atom. The normalized spacial score (nSPS) is 10.3. The summed E-state index contributed by atoms with van der Waals surface area (Å²) >= 11 is 5.25. The van der Waals surface area contributed by atoms with Gasteiger partial charge in [-0.05, 0) is 36.5 Å². The van der Waals surface area contributed by atoms with Crippen LogP contribution in [0.3, 0.4) is 0 Å². The molecule has 26 heavy (non-hydrogen) atoms. The predicted molar refractivity (Wildman–Crippen MR) is 102 cm³/mol. The lowest BCUT2D eigenvalue weighted by Crippen LogP contribution is -2.19. The molecule has 0 spiro atoms. The number of carboxylic acids is 1. The van der Waals surface area contributed by atoms with Gasteiger partial charge in [0, 0.05) is 23.2 Å². The molecule has 0 aliphatic rings. The molecule has 3 N–H and O–H groups in total. The molecule has 0 amide bonds. The maximum absolute atomic E-state index is 11.3. The Morgan fingerprint density at radius 1 is 1.12 bits per heavy atom. The lowest BCUT2D eigenvalue weighted by atomic mass is 10.1. The van der Waals surface area contributed by atoms with Crippen molar-refractivity contribution in [2.75, 3.05) is 10.6 Å². The second-order valence-electron chi connectivity index (χ2n) is 5.26. The van der Waals surface area contributed by atoms with E-state index in [1.54, 1.807) is 18.2 Å². The standard InChI is InChI=1S/C17H12N4O4S/c22-16(23)15-9-14(12-3-1-2-4-13(12)19-15)20-17(26)18-10-5-7-11(8-6-10)21(24)25/h1-9H,(H,22,23)(H2,18,19,20,26). The van der Waals surface area contributed by atoms with Crippen molar-refractivity contribution in [1.29, 1.82) is 0 Å². The van der Waals surface area contributed by atoms with Crippen molar-refractivity contribution < 1.29 is 14.8 Å². The molecule has 0 bridgehead atoms. The molecular weight excluding hydrogens is 356 g/mol. The van der Waals surface area contributed by atoms with Gasteiger partial charge in [0.15, 0.2) is 10.8 Å². The van der Waals surface area contributed by atoms with E-state index in [4.69, 9.17) is 12.2 Å². The van der Waals surface area contributed by atoms with Crippen molar-refractivity contribution in [3.63, 3.8) is 0 Å².